The number of azide groups is 1. The molecule has 0 aliphatic rings. The maximum Gasteiger partial charge on any atom is 0.411 e. The highest BCUT2D eigenvalue weighted by atomic mass is 35.5. The van der Waals surface area contributed by atoms with Gasteiger partial charge in [0.25, 0.3) is 0 Å². The average Bonchev–Trinajstić information content (AvgIpc) is 2.37. The van der Waals surface area contributed by atoms with Crippen molar-refractivity contribution in [3.63, 3.8) is 0 Å². The number of benzene rings is 1. The summed E-state index contributed by atoms with van der Waals surface area (Å²) >= 11 is 6.14. The van der Waals surface area contributed by atoms with Gasteiger partial charge in [0.05, 0.1) is 12.6 Å². The van der Waals surface area contributed by atoms with Crippen molar-refractivity contribution in [2.75, 3.05) is 11.9 Å². The summed E-state index contributed by atoms with van der Waals surface area (Å²) in [6.45, 7) is 8.83. The molecule has 0 saturated carbocycles. The average molecular weight is 341 g/mol. The van der Waals surface area contributed by atoms with E-state index < -0.39 is 14.2 Å². The molecule has 0 heterocycles. The van der Waals surface area contributed by atoms with Crippen molar-refractivity contribution in [3.8, 4) is 0 Å². The number of ether oxygens (including phenoxy) is 1. The molecule has 120 valence electrons. The molecule has 0 saturated heterocycles. The number of anilines is 1. The smallest absolute Gasteiger partial charge is 0.411 e. The van der Waals surface area contributed by atoms with Crippen LogP contribution in [0.2, 0.25) is 30.7 Å². The van der Waals surface area contributed by atoms with E-state index in [1.54, 1.807) is 25.1 Å². The third-order valence-electron chi connectivity index (χ3n) is 3.01. The fourth-order valence-electron chi connectivity index (χ4n) is 1.69. The molecule has 1 unspecified atom stereocenters. The minimum atomic E-state index is -1.22. The van der Waals surface area contributed by atoms with Gasteiger partial charge >= 0.3 is 6.09 Å². The quantitative estimate of drug-likeness (QED) is 0.316. The van der Waals surface area contributed by atoms with Crippen molar-refractivity contribution in [1.82, 2.24) is 0 Å². The summed E-state index contributed by atoms with van der Waals surface area (Å²) in [6.07, 6.45) is -0.495. The molecular weight excluding hydrogens is 320 g/mol. The zero-order valence-corrected chi connectivity index (χ0v) is 15.0. The van der Waals surface area contributed by atoms with Crippen LogP contribution in [0.25, 0.3) is 10.4 Å². The van der Waals surface area contributed by atoms with Gasteiger partial charge in [0, 0.05) is 23.7 Å². The van der Waals surface area contributed by atoms with Crippen LogP contribution in [0.4, 0.5) is 10.5 Å². The number of amides is 1. The second-order valence-electron chi connectivity index (χ2n) is 6.19. The third kappa shape index (κ3) is 6.38. The molecule has 1 atom stereocenters. The van der Waals surface area contributed by atoms with Crippen LogP contribution in [-0.2, 0) is 4.74 Å². The van der Waals surface area contributed by atoms with Crippen LogP contribution in [0, 0.1) is 0 Å². The summed E-state index contributed by atoms with van der Waals surface area (Å²) in [4.78, 5) is 14.5. The Hall–Kier alpha value is -1.69. The van der Waals surface area contributed by atoms with E-state index in [2.05, 4.69) is 35.0 Å². The number of carbonyl (C=O) groups is 1. The predicted molar refractivity (Wildman–Crippen MR) is 92.1 cm³/mol. The van der Waals surface area contributed by atoms with Gasteiger partial charge in [-0.1, -0.05) is 49.3 Å². The van der Waals surface area contributed by atoms with Crippen LogP contribution in [0.1, 0.15) is 18.5 Å². The minimum Gasteiger partial charge on any atom is -0.450 e. The van der Waals surface area contributed by atoms with Crippen molar-refractivity contribution in [3.05, 3.63) is 39.2 Å². The molecule has 1 amide bonds. The van der Waals surface area contributed by atoms with Crippen molar-refractivity contribution in [2.24, 2.45) is 5.11 Å². The summed E-state index contributed by atoms with van der Waals surface area (Å²) in [7, 11) is -1.22. The van der Waals surface area contributed by atoms with Gasteiger partial charge in [-0.2, -0.15) is 0 Å². The Morgan fingerprint density at radius 2 is 2.18 bits per heavy atom. The molecular formula is C14H21ClN4O2Si. The zero-order chi connectivity index (χ0) is 16.8. The summed E-state index contributed by atoms with van der Waals surface area (Å²) in [5, 5.41) is 6.66. The van der Waals surface area contributed by atoms with Crippen LogP contribution in [-0.4, -0.2) is 20.8 Å². The second-order valence-corrected chi connectivity index (χ2v) is 12.2. The molecule has 0 aromatic heterocycles. The molecule has 6 nitrogen and oxygen atoms in total. The highest BCUT2D eigenvalue weighted by Crippen LogP contribution is 2.28. The van der Waals surface area contributed by atoms with Gasteiger partial charge in [0.15, 0.2) is 0 Å². The van der Waals surface area contributed by atoms with E-state index in [-0.39, 0.29) is 6.04 Å². The van der Waals surface area contributed by atoms with Crippen molar-refractivity contribution in [2.45, 2.75) is 38.7 Å². The minimum absolute atomic E-state index is 0.366. The number of nitrogens with zero attached hydrogens (tertiary/aromatic N) is 3. The zero-order valence-electron chi connectivity index (χ0n) is 13.3. The summed E-state index contributed by atoms with van der Waals surface area (Å²) in [5.41, 5.74) is 9.69. The fourth-order valence-corrected chi connectivity index (χ4v) is 2.74. The molecule has 0 radical (unpaired) electrons. The lowest BCUT2D eigenvalue weighted by Gasteiger charge is -2.15. The summed E-state index contributed by atoms with van der Waals surface area (Å²) in [6, 6.07) is 5.59. The molecule has 22 heavy (non-hydrogen) atoms. The number of halogens is 1. The van der Waals surface area contributed by atoms with Crippen LogP contribution < -0.4 is 5.32 Å². The van der Waals surface area contributed by atoms with E-state index in [1.807, 2.05) is 0 Å². The second kappa shape index (κ2) is 8.08. The first kappa shape index (κ1) is 18.4. The largest absolute Gasteiger partial charge is 0.450 e. The molecule has 0 fully saturated rings. The molecule has 0 aliphatic carbocycles. The fraction of sp³-hybridized carbons (Fsp3) is 0.500. The van der Waals surface area contributed by atoms with Gasteiger partial charge in [-0.05, 0) is 29.3 Å². The Labute approximate surface area is 136 Å². The lowest BCUT2D eigenvalue weighted by molar-refractivity contribution is 0.167. The van der Waals surface area contributed by atoms with E-state index >= 15 is 0 Å². The molecule has 1 N–H and O–H groups in total. The van der Waals surface area contributed by atoms with E-state index in [4.69, 9.17) is 21.9 Å². The summed E-state index contributed by atoms with van der Waals surface area (Å²) in [5.74, 6) is 0. The van der Waals surface area contributed by atoms with E-state index in [0.717, 1.165) is 6.04 Å². The number of hydrogen-bond donors (Lipinski definition) is 1. The first-order valence-electron chi connectivity index (χ1n) is 7.00. The van der Waals surface area contributed by atoms with Gasteiger partial charge in [-0.3, -0.25) is 5.32 Å². The SMILES string of the molecule is CC(N=[N+]=[N-])c1ccc(NC(=O)OCC[Si](C)(C)C)cc1Cl. The van der Waals surface area contributed by atoms with E-state index in [1.165, 1.54) is 0 Å². The highest BCUT2D eigenvalue weighted by Gasteiger charge is 2.14. The molecule has 0 aliphatic heterocycles. The molecule has 1 rings (SSSR count). The Bertz CT molecular complexity index is 583. The lowest BCUT2D eigenvalue weighted by Crippen LogP contribution is -2.24. The Kier molecular flexibility index (Phi) is 6.74. The monoisotopic (exact) mass is 340 g/mol. The first-order valence-corrected chi connectivity index (χ1v) is 11.1. The van der Waals surface area contributed by atoms with Crippen LogP contribution >= 0.6 is 11.6 Å². The van der Waals surface area contributed by atoms with Gasteiger partial charge in [0.2, 0.25) is 0 Å². The van der Waals surface area contributed by atoms with Crippen molar-refractivity contribution >= 4 is 31.5 Å². The van der Waals surface area contributed by atoms with Crippen molar-refractivity contribution in [1.29, 1.82) is 0 Å². The third-order valence-corrected chi connectivity index (χ3v) is 5.04. The maximum absolute atomic E-state index is 11.7. The lowest BCUT2D eigenvalue weighted by atomic mass is 10.1. The van der Waals surface area contributed by atoms with E-state index in [9.17, 15) is 4.79 Å². The Balaban J connectivity index is 2.62. The van der Waals surface area contributed by atoms with Crippen LogP contribution in [0.5, 0.6) is 0 Å². The normalized spacial score (nSPS) is 12.2. The predicted octanol–water partition coefficient (Wildman–Crippen LogP) is 5.60. The number of rotatable bonds is 6. The molecule has 8 heteroatoms. The van der Waals surface area contributed by atoms with Gasteiger partial charge in [-0.25, -0.2) is 4.79 Å². The molecule has 1 aromatic carbocycles. The maximum atomic E-state index is 11.7. The Morgan fingerprint density at radius 3 is 2.73 bits per heavy atom. The van der Waals surface area contributed by atoms with Gasteiger partial charge in [-0.15, -0.1) is 0 Å². The number of carbonyl (C=O) groups excluding carboxylic acids is 1. The van der Waals surface area contributed by atoms with Crippen LogP contribution in [0.3, 0.4) is 0 Å². The highest BCUT2D eigenvalue weighted by molar-refractivity contribution is 6.76. The standard InChI is InChI=1S/C14H21ClN4O2Si/c1-10(18-19-16)12-6-5-11(9-13(12)15)17-14(20)21-7-8-22(2,3)4/h5-6,9-10H,7-8H2,1-4H3,(H,17,20). The number of nitrogens with one attached hydrogen (secondary N) is 1. The summed E-state index contributed by atoms with van der Waals surface area (Å²) < 4.78 is 5.15. The molecule has 0 bridgehead atoms. The first-order chi connectivity index (χ1) is 10.2. The van der Waals surface area contributed by atoms with Gasteiger partial charge < -0.3 is 4.74 Å². The topological polar surface area (TPSA) is 87.1 Å². The van der Waals surface area contributed by atoms with E-state index in [0.29, 0.717) is 22.9 Å². The van der Waals surface area contributed by atoms with Crippen LogP contribution in [0.15, 0.2) is 23.3 Å². The molecule has 1 aromatic rings. The van der Waals surface area contributed by atoms with Crippen molar-refractivity contribution < 1.29 is 9.53 Å². The molecule has 0 spiro atoms. The number of hydrogen-bond acceptors (Lipinski definition) is 3. The Morgan fingerprint density at radius 1 is 1.50 bits per heavy atom. The van der Waals surface area contributed by atoms with Gasteiger partial charge in [0.1, 0.15) is 0 Å².